The standard InChI is InChI=1S/C33H21I7O4/c1-14-6-17(7-21(34)30(14)41)28(18-8-22(35)31(42)23(36)9-18)15-2-4-16(5-3-15)29(19-10-24(37)32(43)25(38)11-19)20-12-26(39)33(44)27(40)13-20/h2-13,28-29,41-44H,1H3. The van der Waals surface area contributed by atoms with Crippen molar-refractivity contribution in [2.45, 2.75) is 18.8 Å². The molecule has 0 bridgehead atoms. The lowest BCUT2D eigenvalue weighted by Gasteiger charge is -2.24. The molecule has 11 heteroatoms. The molecule has 0 fully saturated rings. The molecular formula is C33H21I7O4. The van der Waals surface area contributed by atoms with E-state index in [0.29, 0.717) is 0 Å². The van der Waals surface area contributed by atoms with Crippen LogP contribution in [0.2, 0.25) is 0 Å². The monoisotopic (exact) mass is 1370 g/mol. The van der Waals surface area contributed by atoms with Crippen molar-refractivity contribution in [3.05, 3.63) is 137 Å². The lowest BCUT2D eigenvalue weighted by Crippen LogP contribution is -2.08. The molecule has 44 heavy (non-hydrogen) atoms. The molecule has 226 valence electrons. The van der Waals surface area contributed by atoms with E-state index in [4.69, 9.17) is 0 Å². The molecule has 0 aliphatic rings. The molecule has 0 aliphatic carbocycles. The van der Waals surface area contributed by atoms with Gasteiger partial charge in [-0.05, 0) is 246 Å². The summed E-state index contributed by atoms with van der Waals surface area (Å²) in [4.78, 5) is 0. The van der Waals surface area contributed by atoms with Crippen LogP contribution in [0.4, 0.5) is 0 Å². The summed E-state index contributed by atoms with van der Waals surface area (Å²) in [5.41, 5.74) is 7.16. The Bertz CT molecular complexity index is 1560. The van der Waals surface area contributed by atoms with Crippen molar-refractivity contribution >= 4 is 158 Å². The number of aryl methyl sites for hydroxylation is 1. The third-order valence-electron chi connectivity index (χ3n) is 7.33. The van der Waals surface area contributed by atoms with Crippen molar-refractivity contribution in [2.75, 3.05) is 0 Å². The SMILES string of the molecule is Cc1cc(C(c2ccc(C(c3cc(I)c(O)c(I)c3)c3cc(I)c(O)c(I)c3)cc2)c2cc(I)c(O)c(I)c2)cc(I)c1O. The minimum Gasteiger partial charge on any atom is -0.507 e. The first-order chi connectivity index (χ1) is 20.8. The molecule has 0 radical (unpaired) electrons. The fraction of sp³-hybridized carbons (Fsp3) is 0.0909. The van der Waals surface area contributed by atoms with Gasteiger partial charge < -0.3 is 20.4 Å². The van der Waals surface area contributed by atoms with Crippen LogP contribution in [0.1, 0.15) is 50.8 Å². The van der Waals surface area contributed by atoms with Crippen molar-refractivity contribution in [3.8, 4) is 23.0 Å². The maximum Gasteiger partial charge on any atom is 0.142 e. The summed E-state index contributed by atoms with van der Waals surface area (Å²) in [6.45, 7) is 1.91. The molecule has 0 saturated carbocycles. The highest BCUT2D eigenvalue weighted by molar-refractivity contribution is 14.1. The lowest BCUT2D eigenvalue weighted by molar-refractivity contribution is 0.466. The van der Waals surface area contributed by atoms with Gasteiger partial charge in [0, 0.05) is 11.8 Å². The smallest absolute Gasteiger partial charge is 0.142 e. The van der Waals surface area contributed by atoms with Gasteiger partial charge in [-0.2, -0.15) is 0 Å². The van der Waals surface area contributed by atoms with E-state index in [1.165, 1.54) is 0 Å². The Morgan fingerprint density at radius 3 is 0.841 bits per heavy atom. The maximum absolute atomic E-state index is 10.5. The molecule has 0 heterocycles. The van der Waals surface area contributed by atoms with Gasteiger partial charge in [-0.25, -0.2) is 0 Å². The van der Waals surface area contributed by atoms with Crippen molar-refractivity contribution in [1.82, 2.24) is 0 Å². The Labute approximate surface area is 351 Å². The number of halogens is 7. The molecule has 4 N–H and O–H groups in total. The zero-order valence-corrected chi connectivity index (χ0v) is 37.6. The summed E-state index contributed by atoms with van der Waals surface area (Å²) in [7, 11) is 0. The summed E-state index contributed by atoms with van der Waals surface area (Å²) >= 11 is 15.2. The van der Waals surface area contributed by atoms with Crippen LogP contribution in [0.25, 0.3) is 0 Å². The molecule has 5 aromatic rings. The Hall–Kier alpha value is 0.410. The maximum atomic E-state index is 10.5. The van der Waals surface area contributed by atoms with Crippen molar-refractivity contribution in [2.24, 2.45) is 0 Å². The van der Waals surface area contributed by atoms with Crippen LogP contribution in [-0.4, -0.2) is 20.4 Å². The highest BCUT2D eigenvalue weighted by Gasteiger charge is 2.25. The first-order valence-electron chi connectivity index (χ1n) is 12.9. The summed E-state index contributed by atoms with van der Waals surface area (Å²) < 4.78 is 5.47. The van der Waals surface area contributed by atoms with Gasteiger partial charge in [0.2, 0.25) is 0 Å². The van der Waals surface area contributed by atoms with Crippen molar-refractivity contribution < 1.29 is 20.4 Å². The van der Waals surface area contributed by atoms with E-state index in [1.54, 1.807) is 0 Å². The number of phenolic OH excluding ortho intramolecular Hbond substituents is 4. The van der Waals surface area contributed by atoms with Gasteiger partial charge >= 0.3 is 0 Å². The van der Waals surface area contributed by atoms with Crippen LogP contribution < -0.4 is 0 Å². The number of benzene rings is 5. The number of rotatable bonds is 6. The van der Waals surface area contributed by atoms with E-state index in [9.17, 15) is 20.4 Å². The molecule has 0 spiro atoms. The molecule has 0 amide bonds. The summed E-state index contributed by atoms with van der Waals surface area (Å²) in [6, 6.07) is 24.8. The van der Waals surface area contributed by atoms with Crippen molar-refractivity contribution in [1.29, 1.82) is 0 Å². The molecule has 0 aliphatic heterocycles. The third kappa shape index (κ3) is 7.51. The third-order valence-corrected chi connectivity index (χ3v) is 13.1. The second kappa shape index (κ2) is 14.9. The predicted molar refractivity (Wildman–Crippen MR) is 235 cm³/mol. The fourth-order valence-electron chi connectivity index (χ4n) is 5.22. The van der Waals surface area contributed by atoms with Gasteiger partial charge in [0.15, 0.2) is 0 Å². The highest BCUT2D eigenvalue weighted by Crippen LogP contribution is 2.42. The molecule has 5 rings (SSSR count). The normalized spacial score (nSPS) is 12.1. The number of phenols is 4. The zero-order chi connectivity index (χ0) is 32.0. The minimum atomic E-state index is -0.139. The fourth-order valence-corrected chi connectivity index (χ4v) is 11.5. The summed E-state index contributed by atoms with van der Waals surface area (Å²) in [5, 5.41) is 42.1. The number of aromatic hydroxyl groups is 4. The van der Waals surface area contributed by atoms with Gasteiger partial charge in [0.25, 0.3) is 0 Å². The first-order valence-corrected chi connectivity index (χ1v) is 20.4. The summed E-state index contributed by atoms with van der Waals surface area (Å²) in [5.74, 6) is 0.846. The van der Waals surface area contributed by atoms with E-state index >= 15 is 0 Å². The van der Waals surface area contributed by atoms with Crippen LogP contribution in [-0.2, 0) is 0 Å². The van der Waals surface area contributed by atoms with E-state index in [0.717, 1.165) is 63.9 Å². The number of hydrogen-bond donors (Lipinski definition) is 4. The zero-order valence-electron chi connectivity index (χ0n) is 22.5. The molecule has 4 nitrogen and oxygen atoms in total. The quantitative estimate of drug-likeness (QED) is 0.101. The lowest BCUT2D eigenvalue weighted by atomic mass is 9.81. The van der Waals surface area contributed by atoms with Gasteiger partial charge in [-0.1, -0.05) is 30.3 Å². The Balaban J connectivity index is 1.70. The van der Waals surface area contributed by atoms with E-state index in [-0.39, 0.29) is 34.8 Å². The number of hydrogen-bond acceptors (Lipinski definition) is 4. The van der Waals surface area contributed by atoms with Crippen LogP contribution >= 0.6 is 158 Å². The van der Waals surface area contributed by atoms with Gasteiger partial charge in [0.1, 0.15) is 23.0 Å². The van der Waals surface area contributed by atoms with Crippen LogP contribution in [0.3, 0.4) is 0 Å². The van der Waals surface area contributed by atoms with Gasteiger partial charge in [0.05, 0.1) is 25.0 Å². The van der Waals surface area contributed by atoms with Gasteiger partial charge in [-0.3, -0.25) is 0 Å². The molecule has 1 unspecified atom stereocenters. The van der Waals surface area contributed by atoms with E-state index in [2.05, 4.69) is 182 Å². The highest BCUT2D eigenvalue weighted by atomic mass is 127. The Morgan fingerprint density at radius 1 is 0.364 bits per heavy atom. The summed E-state index contributed by atoms with van der Waals surface area (Å²) in [6.07, 6.45) is 0. The first kappa shape index (κ1) is 35.7. The van der Waals surface area contributed by atoms with Crippen LogP contribution in [0.5, 0.6) is 23.0 Å². The Morgan fingerprint density at radius 2 is 0.591 bits per heavy atom. The second-order valence-corrected chi connectivity index (χ2v) is 18.3. The van der Waals surface area contributed by atoms with E-state index < -0.39 is 0 Å². The second-order valence-electron chi connectivity index (χ2n) is 10.2. The van der Waals surface area contributed by atoms with Crippen LogP contribution in [0.15, 0.2) is 72.8 Å². The average Bonchev–Trinajstić information content (AvgIpc) is 2.97. The van der Waals surface area contributed by atoms with Crippen molar-refractivity contribution in [3.63, 3.8) is 0 Å². The molecule has 1 atom stereocenters. The minimum absolute atomic E-state index is 0.135. The van der Waals surface area contributed by atoms with Crippen LogP contribution in [0, 0.1) is 31.9 Å². The molecular weight excluding hydrogens is 1350 g/mol. The average molecular weight is 1370 g/mol. The molecule has 0 aromatic heterocycles. The predicted octanol–water partition coefficient (Wildman–Crippen LogP) is 11.4. The van der Waals surface area contributed by atoms with Gasteiger partial charge in [-0.15, -0.1) is 0 Å². The molecule has 0 saturated heterocycles. The largest absolute Gasteiger partial charge is 0.507 e. The van der Waals surface area contributed by atoms with E-state index in [1.807, 2.05) is 55.5 Å². The topological polar surface area (TPSA) is 80.9 Å². The molecule has 5 aromatic carbocycles. The Kier molecular flexibility index (Phi) is 12.1.